The lowest BCUT2D eigenvalue weighted by Gasteiger charge is -2.31. The summed E-state index contributed by atoms with van der Waals surface area (Å²) in [5, 5.41) is 5.56. The van der Waals surface area contributed by atoms with Crippen LogP contribution in [0.5, 0.6) is 5.75 Å². The van der Waals surface area contributed by atoms with Crippen LogP contribution in [0, 0.1) is 0 Å². The largest absolute Gasteiger partial charge is 0.513 e. The second kappa shape index (κ2) is 11.1. The Labute approximate surface area is 193 Å². The third-order valence-corrected chi connectivity index (χ3v) is 4.97. The lowest BCUT2D eigenvalue weighted by molar-refractivity contribution is 0.0744. The van der Waals surface area contributed by atoms with Crippen LogP contribution >= 0.6 is 0 Å². The van der Waals surface area contributed by atoms with E-state index in [0.29, 0.717) is 29.3 Å². The van der Waals surface area contributed by atoms with E-state index in [1.807, 2.05) is 54.6 Å². The predicted octanol–water partition coefficient (Wildman–Crippen LogP) is 4.94. The fraction of sp³-hybridized carbons (Fsp3) is 0.280. The number of hydrogen-bond donors (Lipinski definition) is 2. The molecule has 0 fully saturated rings. The monoisotopic (exact) mass is 452 g/mol. The highest BCUT2D eigenvalue weighted by Gasteiger charge is 2.36. The first-order valence-electron chi connectivity index (χ1n) is 10.6. The van der Waals surface area contributed by atoms with Crippen LogP contribution in [-0.4, -0.2) is 25.9 Å². The van der Waals surface area contributed by atoms with Crippen molar-refractivity contribution < 1.29 is 28.5 Å². The predicted molar refractivity (Wildman–Crippen MR) is 122 cm³/mol. The molecule has 33 heavy (non-hydrogen) atoms. The SMILES string of the molecule is CCOC(=O)OC1=C(C)NC(C)=C(OC(=O)NC)C1c1ccccc1OCc1ccccc1. The van der Waals surface area contributed by atoms with Crippen LogP contribution in [0.1, 0.15) is 37.8 Å². The number of ether oxygens (including phenoxy) is 4. The Morgan fingerprint density at radius 2 is 1.58 bits per heavy atom. The Hall–Kier alpha value is -3.94. The highest BCUT2D eigenvalue weighted by Crippen LogP contribution is 2.43. The van der Waals surface area contributed by atoms with Gasteiger partial charge in [-0.2, -0.15) is 0 Å². The van der Waals surface area contributed by atoms with E-state index >= 15 is 0 Å². The third-order valence-electron chi connectivity index (χ3n) is 4.97. The van der Waals surface area contributed by atoms with Crippen molar-refractivity contribution in [3.63, 3.8) is 0 Å². The van der Waals surface area contributed by atoms with Crippen molar-refractivity contribution in [1.29, 1.82) is 0 Å². The maximum absolute atomic E-state index is 12.2. The summed E-state index contributed by atoms with van der Waals surface area (Å²) in [5.41, 5.74) is 2.87. The minimum absolute atomic E-state index is 0.163. The Morgan fingerprint density at radius 3 is 2.24 bits per heavy atom. The summed E-state index contributed by atoms with van der Waals surface area (Å²) >= 11 is 0. The van der Waals surface area contributed by atoms with E-state index in [0.717, 1.165) is 5.56 Å². The van der Waals surface area contributed by atoms with Gasteiger partial charge in [-0.05, 0) is 32.4 Å². The molecule has 0 radical (unpaired) electrons. The highest BCUT2D eigenvalue weighted by atomic mass is 16.7. The first-order chi connectivity index (χ1) is 15.9. The third kappa shape index (κ3) is 5.85. The Morgan fingerprint density at radius 1 is 0.939 bits per heavy atom. The van der Waals surface area contributed by atoms with Crippen LogP contribution in [-0.2, 0) is 20.8 Å². The maximum atomic E-state index is 12.2. The lowest BCUT2D eigenvalue weighted by atomic mass is 9.90. The van der Waals surface area contributed by atoms with Gasteiger partial charge in [0.15, 0.2) is 0 Å². The average Bonchev–Trinajstić information content (AvgIpc) is 2.82. The molecule has 3 rings (SSSR count). The zero-order valence-electron chi connectivity index (χ0n) is 19.1. The van der Waals surface area contributed by atoms with Gasteiger partial charge >= 0.3 is 12.2 Å². The molecular formula is C25H28N2O6. The van der Waals surface area contributed by atoms with Crippen LogP contribution < -0.4 is 15.4 Å². The van der Waals surface area contributed by atoms with Crippen LogP contribution in [0.25, 0.3) is 0 Å². The minimum Gasteiger partial charge on any atom is -0.489 e. The molecule has 8 nitrogen and oxygen atoms in total. The number of allylic oxidation sites excluding steroid dienone is 2. The van der Waals surface area contributed by atoms with Gasteiger partial charge in [0.05, 0.1) is 18.0 Å². The lowest BCUT2D eigenvalue weighted by Crippen LogP contribution is -2.31. The number of para-hydroxylation sites is 1. The summed E-state index contributed by atoms with van der Waals surface area (Å²) in [6.07, 6.45) is -1.49. The molecule has 2 N–H and O–H groups in total. The zero-order valence-corrected chi connectivity index (χ0v) is 19.1. The Balaban J connectivity index is 2.04. The van der Waals surface area contributed by atoms with E-state index in [2.05, 4.69) is 10.6 Å². The topological polar surface area (TPSA) is 95.1 Å². The summed E-state index contributed by atoms with van der Waals surface area (Å²) in [6.45, 7) is 5.75. The number of hydrogen-bond acceptors (Lipinski definition) is 7. The molecule has 0 saturated carbocycles. The number of carbonyl (C=O) groups is 2. The van der Waals surface area contributed by atoms with Crippen molar-refractivity contribution in [2.24, 2.45) is 0 Å². The fourth-order valence-electron chi connectivity index (χ4n) is 3.48. The number of rotatable bonds is 7. The summed E-state index contributed by atoms with van der Waals surface area (Å²) in [4.78, 5) is 24.4. The molecule has 0 aliphatic carbocycles. The van der Waals surface area contributed by atoms with Gasteiger partial charge in [0.25, 0.3) is 0 Å². The quantitative estimate of drug-likeness (QED) is 0.574. The average molecular weight is 453 g/mol. The molecule has 1 aliphatic heterocycles. The second-order valence-electron chi connectivity index (χ2n) is 7.27. The molecule has 0 spiro atoms. The molecule has 1 atom stereocenters. The van der Waals surface area contributed by atoms with Crippen molar-refractivity contribution in [3.8, 4) is 5.75 Å². The first-order valence-corrected chi connectivity index (χ1v) is 10.6. The van der Waals surface area contributed by atoms with E-state index in [9.17, 15) is 9.59 Å². The molecular weight excluding hydrogens is 424 g/mol. The van der Waals surface area contributed by atoms with E-state index < -0.39 is 18.2 Å². The molecule has 1 amide bonds. The van der Waals surface area contributed by atoms with Gasteiger partial charge in [0.2, 0.25) is 0 Å². The Bertz CT molecular complexity index is 1060. The number of amides is 1. The van der Waals surface area contributed by atoms with Crippen LogP contribution in [0.4, 0.5) is 9.59 Å². The molecule has 1 aliphatic rings. The number of dihydropyridines is 1. The molecule has 1 unspecified atom stereocenters. The van der Waals surface area contributed by atoms with Gasteiger partial charge in [0, 0.05) is 12.6 Å². The molecule has 8 heteroatoms. The van der Waals surface area contributed by atoms with Gasteiger partial charge in [0.1, 0.15) is 29.8 Å². The van der Waals surface area contributed by atoms with Gasteiger partial charge in [-0.15, -0.1) is 0 Å². The minimum atomic E-state index is -0.847. The van der Waals surface area contributed by atoms with E-state index in [4.69, 9.17) is 18.9 Å². The van der Waals surface area contributed by atoms with Crippen molar-refractivity contribution in [2.45, 2.75) is 33.3 Å². The standard InChI is InChI=1S/C25H28N2O6/c1-5-30-25(29)33-23-17(3)27-16(2)22(32-24(28)26-4)21(23)19-13-9-10-14-20(19)31-15-18-11-7-6-8-12-18/h6-14,21,27H,5,15H2,1-4H3,(H,26,28). The summed E-state index contributed by atoms with van der Waals surface area (Å²) < 4.78 is 22.3. The van der Waals surface area contributed by atoms with E-state index in [-0.39, 0.29) is 18.1 Å². The van der Waals surface area contributed by atoms with Gasteiger partial charge < -0.3 is 29.6 Å². The fourth-order valence-corrected chi connectivity index (χ4v) is 3.48. The Kier molecular flexibility index (Phi) is 7.96. The first kappa shape index (κ1) is 23.7. The van der Waals surface area contributed by atoms with E-state index in [1.54, 1.807) is 20.8 Å². The van der Waals surface area contributed by atoms with Gasteiger partial charge in [-0.25, -0.2) is 9.59 Å². The molecule has 0 bridgehead atoms. The van der Waals surface area contributed by atoms with Crippen LogP contribution in [0.3, 0.4) is 0 Å². The van der Waals surface area contributed by atoms with E-state index in [1.165, 1.54) is 7.05 Å². The highest BCUT2D eigenvalue weighted by molar-refractivity contribution is 5.69. The van der Waals surface area contributed by atoms with Crippen molar-refractivity contribution >= 4 is 12.2 Å². The smallest absolute Gasteiger partial charge is 0.489 e. The second-order valence-corrected chi connectivity index (χ2v) is 7.27. The molecule has 174 valence electrons. The number of nitrogens with one attached hydrogen (secondary N) is 2. The summed E-state index contributed by atoms with van der Waals surface area (Å²) in [5.74, 6) is 0.389. The molecule has 2 aromatic rings. The normalized spacial score (nSPS) is 15.5. The van der Waals surface area contributed by atoms with Crippen molar-refractivity contribution in [2.75, 3.05) is 13.7 Å². The summed E-state index contributed by atoms with van der Waals surface area (Å²) in [6, 6.07) is 17.1. The van der Waals surface area contributed by atoms with Crippen LogP contribution in [0.15, 0.2) is 77.5 Å². The summed E-state index contributed by atoms with van der Waals surface area (Å²) in [7, 11) is 1.47. The van der Waals surface area contributed by atoms with Gasteiger partial charge in [-0.3, -0.25) is 0 Å². The van der Waals surface area contributed by atoms with Gasteiger partial charge in [-0.1, -0.05) is 48.5 Å². The number of alkyl carbamates (subject to hydrolysis) is 1. The van der Waals surface area contributed by atoms with Crippen molar-refractivity contribution in [3.05, 3.63) is 88.6 Å². The molecule has 2 aromatic carbocycles. The molecule has 0 aromatic heterocycles. The zero-order chi connectivity index (χ0) is 23.8. The maximum Gasteiger partial charge on any atom is 0.513 e. The van der Waals surface area contributed by atoms with Crippen molar-refractivity contribution in [1.82, 2.24) is 10.6 Å². The molecule has 0 saturated heterocycles. The molecule has 1 heterocycles. The van der Waals surface area contributed by atoms with Crippen LogP contribution in [0.2, 0.25) is 0 Å². The number of benzene rings is 2. The number of carbonyl (C=O) groups excluding carboxylic acids is 2.